The molecule has 4 heteroatoms. The van der Waals surface area contributed by atoms with Crippen molar-refractivity contribution in [3.63, 3.8) is 0 Å². The minimum Gasteiger partial charge on any atom is -0.465 e. The Kier molecular flexibility index (Phi) is 4.99. The first-order valence-electron chi connectivity index (χ1n) is 4.79. The maximum absolute atomic E-state index is 13.5. The topological polar surface area (TPSA) is 26.3 Å². The van der Waals surface area contributed by atoms with E-state index < -0.39 is 11.8 Å². The van der Waals surface area contributed by atoms with Gasteiger partial charge in [-0.05, 0) is 18.6 Å². The van der Waals surface area contributed by atoms with Crippen LogP contribution in [0.3, 0.4) is 0 Å². The highest BCUT2D eigenvalue weighted by atomic mass is 35.5. The van der Waals surface area contributed by atoms with Crippen LogP contribution in [0.25, 0.3) is 6.08 Å². The summed E-state index contributed by atoms with van der Waals surface area (Å²) in [6.45, 7) is 0. The third-order valence-corrected chi connectivity index (χ3v) is 2.21. The number of alkyl halides is 1. The monoisotopic (exact) mass is 242 g/mol. The highest BCUT2D eigenvalue weighted by molar-refractivity contribution is 6.17. The number of hydrogen-bond donors (Lipinski definition) is 0. The van der Waals surface area contributed by atoms with Crippen LogP contribution in [-0.4, -0.2) is 19.0 Å². The van der Waals surface area contributed by atoms with E-state index in [2.05, 4.69) is 4.74 Å². The predicted octanol–water partition coefficient (Wildman–Crippen LogP) is 3.25. The van der Waals surface area contributed by atoms with Gasteiger partial charge >= 0.3 is 5.97 Å². The Morgan fingerprint density at radius 3 is 2.88 bits per heavy atom. The van der Waals surface area contributed by atoms with Gasteiger partial charge in [-0.15, -0.1) is 11.6 Å². The van der Waals surface area contributed by atoms with Gasteiger partial charge in [0.2, 0.25) is 0 Å². The van der Waals surface area contributed by atoms with Crippen LogP contribution in [0.5, 0.6) is 0 Å². The quantitative estimate of drug-likeness (QED) is 0.598. The number of ether oxygens (including phenoxy) is 1. The number of rotatable bonds is 4. The molecule has 86 valence electrons. The van der Waals surface area contributed by atoms with Crippen LogP contribution in [0.4, 0.5) is 4.39 Å². The summed E-state index contributed by atoms with van der Waals surface area (Å²) in [4.78, 5) is 11.1. The first-order chi connectivity index (χ1) is 7.69. The lowest BCUT2D eigenvalue weighted by Crippen LogP contribution is -2.01. The molecule has 0 saturated heterocycles. The molecule has 0 aromatic heterocycles. The number of allylic oxidation sites excluding steroid dienone is 1. The van der Waals surface area contributed by atoms with E-state index in [1.807, 2.05) is 0 Å². The molecule has 0 saturated carbocycles. The fourth-order valence-electron chi connectivity index (χ4n) is 1.18. The zero-order valence-electron chi connectivity index (χ0n) is 8.87. The van der Waals surface area contributed by atoms with E-state index in [4.69, 9.17) is 11.6 Å². The van der Waals surface area contributed by atoms with Gasteiger partial charge in [-0.25, -0.2) is 9.18 Å². The molecule has 0 N–H and O–H groups in total. The van der Waals surface area contributed by atoms with Crippen LogP contribution in [0.1, 0.15) is 22.3 Å². The molecule has 0 bridgehead atoms. The molecular formula is C12H12ClFO2. The van der Waals surface area contributed by atoms with E-state index in [0.717, 1.165) is 6.07 Å². The highest BCUT2D eigenvalue weighted by Gasteiger charge is 2.07. The minimum absolute atomic E-state index is 0.203. The summed E-state index contributed by atoms with van der Waals surface area (Å²) in [5.41, 5.74) is 0.632. The summed E-state index contributed by atoms with van der Waals surface area (Å²) in [5, 5.41) is 0. The van der Waals surface area contributed by atoms with Gasteiger partial charge < -0.3 is 4.74 Å². The van der Waals surface area contributed by atoms with Crippen molar-refractivity contribution < 1.29 is 13.9 Å². The van der Waals surface area contributed by atoms with Gasteiger partial charge in [0.25, 0.3) is 0 Å². The van der Waals surface area contributed by atoms with Gasteiger partial charge in [0, 0.05) is 11.4 Å². The van der Waals surface area contributed by atoms with Gasteiger partial charge in [0.05, 0.1) is 12.7 Å². The minimum atomic E-state index is -0.546. The largest absolute Gasteiger partial charge is 0.465 e. The molecular weight excluding hydrogens is 231 g/mol. The van der Waals surface area contributed by atoms with Crippen molar-refractivity contribution in [2.24, 2.45) is 0 Å². The Morgan fingerprint density at radius 1 is 1.56 bits per heavy atom. The molecule has 1 rings (SSSR count). The summed E-state index contributed by atoms with van der Waals surface area (Å²) in [5.74, 6) is -0.498. The summed E-state index contributed by atoms with van der Waals surface area (Å²) in [6, 6.07) is 4.22. The number of hydrogen-bond acceptors (Lipinski definition) is 2. The van der Waals surface area contributed by atoms with Crippen molar-refractivity contribution in [2.45, 2.75) is 6.42 Å². The number of methoxy groups -OCH3 is 1. The molecule has 0 heterocycles. The summed E-state index contributed by atoms with van der Waals surface area (Å²) in [7, 11) is 1.26. The number of esters is 1. The normalized spacial score (nSPS) is 10.7. The molecule has 0 radical (unpaired) electrons. The van der Waals surface area contributed by atoms with Crippen LogP contribution in [-0.2, 0) is 4.74 Å². The maximum atomic E-state index is 13.5. The van der Waals surface area contributed by atoms with E-state index in [9.17, 15) is 9.18 Å². The van der Waals surface area contributed by atoms with Gasteiger partial charge in [0.1, 0.15) is 5.82 Å². The van der Waals surface area contributed by atoms with Gasteiger partial charge in [-0.3, -0.25) is 0 Å². The van der Waals surface area contributed by atoms with E-state index in [1.165, 1.54) is 19.2 Å². The highest BCUT2D eigenvalue weighted by Crippen LogP contribution is 2.13. The molecule has 1 aromatic carbocycles. The Hall–Kier alpha value is -1.35. The van der Waals surface area contributed by atoms with E-state index in [0.29, 0.717) is 17.9 Å². The summed E-state index contributed by atoms with van der Waals surface area (Å²) in [6.07, 6.45) is 4.10. The number of benzene rings is 1. The Morgan fingerprint density at radius 2 is 2.31 bits per heavy atom. The first kappa shape index (κ1) is 12.7. The predicted molar refractivity (Wildman–Crippen MR) is 62.1 cm³/mol. The lowest BCUT2D eigenvalue weighted by Gasteiger charge is -2.01. The van der Waals surface area contributed by atoms with Crippen molar-refractivity contribution in [2.75, 3.05) is 13.0 Å². The zero-order chi connectivity index (χ0) is 12.0. The van der Waals surface area contributed by atoms with E-state index >= 15 is 0 Å². The first-order valence-corrected chi connectivity index (χ1v) is 5.33. The fourth-order valence-corrected chi connectivity index (χ4v) is 1.31. The van der Waals surface area contributed by atoms with Crippen LogP contribution in [0.15, 0.2) is 24.3 Å². The number of halogens is 2. The van der Waals surface area contributed by atoms with Crippen LogP contribution in [0, 0.1) is 5.82 Å². The van der Waals surface area contributed by atoms with Crippen molar-refractivity contribution in [3.8, 4) is 0 Å². The Balaban J connectivity index is 2.87. The molecule has 0 spiro atoms. The average Bonchev–Trinajstić information content (AvgIpc) is 2.30. The Bertz CT molecular complexity index is 402. The number of carbonyl (C=O) groups excluding carboxylic acids is 1. The van der Waals surface area contributed by atoms with Crippen molar-refractivity contribution in [1.82, 2.24) is 0 Å². The van der Waals surface area contributed by atoms with Gasteiger partial charge in [0.15, 0.2) is 0 Å². The fraction of sp³-hybridized carbons (Fsp3) is 0.250. The molecule has 0 atom stereocenters. The zero-order valence-corrected chi connectivity index (χ0v) is 9.63. The lowest BCUT2D eigenvalue weighted by molar-refractivity contribution is 0.0600. The third kappa shape index (κ3) is 3.35. The van der Waals surface area contributed by atoms with Crippen LogP contribution in [0.2, 0.25) is 0 Å². The molecule has 0 unspecified atom stereocenters. The van der Waals surface area contributed by atoms with Crippen molar-refractivity contribution in [1.29, 1.82) is 0 Å². The lowest BCUT2D eigenvalue weighted by atomic mass is 10.1. The van der Waals surface area contributed by atoms with Crippen molar-refractivity contribution in [3.05, 3.63) is 41.2 Å². The van der Waals surface area contributed by atoms with E-state index in [1.54, 1.807) is 12.2 Å². The van der Waals surface area contributed by atoms with Gasteiger partial charge in [-0.1, -0.05) is 18.2 Å². The van der Waals surface area contributed by atoms with Crippen LogP contribution >= 0.6 is 11.6 Å². The van der Waals surface area contributed by atoms with Gasteiger partial charge in [-0.2, -0.15) is 0 Å². The summed E-state index contributed by atoms with van der Waals surface area (Å²) < 4.78 is 18.0. The maximum Gasteiger partial charge on any atom is 0.337 e. The molecule has 0 aliphatic rings. The standard InChI is InChI=1S/C12H12ClFO2/c1-16-12(15)10-6-5-9(11(14)8-10)4-2-3-7-13/h2,4-6,8H,3,7H2,1H3. The smallest absolute Gasteiger partial charge is 0.337 e. The second-order valence-corrected chi connectivity index (χ2v) is 3.49. The molecule has 2 nitrogen and oxygen atoms in total. The molecule has 0 aliphatic carbocycles. The average molecular weight is 243 g/mol. The van der Waals surface area contributed by atoms with Crippen LogP contribution < -0.4 is 0 Å². The van der Waals surface area contributed by atoms with Crippen molar-refractivity contribution >= 4 is 23.6 Å². The number of carbonyl (C=O) groups is 1. The molecule has 16 heavy (non-hydrogen) atoms. The second kappa shape index (κ2) is 6.28. The third-order valence-electron chi connectivity index (χ3n) is 1.99. The molecule has 0 amide bonds. The molecule has 1 aromatic rings. The molecule has 0 fully saturated rings. The second-order valence-electron chi connectivity index (χ2n) is 3.11. The Labute approximate surface area is 98.7 Å². The van der Waals surface area contributed by atoms with E-state index in [-0.39, 0.29) is 5.56 Å². The summed E-state index contributed by atoms with van der Waals surface area (Å²) >= 11 is 5.49. The molecule has 0 aliphatic heterocycles. The SMILES string of the molecule is COC(=O)c1ccc(C=CCCCl)c(F)c1.